The standard InChI is InChI=1S/C20H25N7OS.C4H10OS/c21-17-2-1-14(12-23-17)19-24-16-11-15(13-26-5-3-22-4-6-26)29-18(16)20(25-19)27-7-9-28-10-8-27;1-4(2)3-6-5/h1-2,11-12,22H,3-10,13H2,(H2,21,23);4-5H,3H2,1-2H3. The first-order chi connectivity index (χ1) is 17.0. The van der Waals surface area contributed by atoms with Gasteiger partial charge in [0.05, 0.1) is 23.4 Å². The summed E-state index contributed by atoms with van der Waals surface area (Å²) in [5.41, 5.74) is 7.64. The Morgan fingerprint density at radius 3 is 2.57 bits per heavy atom. The topological polar surface area (TPSA) is 113 Å². The third kappa shape index (κ3) is 7.25. The van der Waals surface area contributed by atoms with Crippen molar-refractivity contribution in [2.24, 2.45) is 5.92 Å². The van der Waals surface area contributed by atoms with Gasteiger partial charge in [-0.05, 0) is 36.2 Å². The largest absolute Gasteiger partial charge is 0.384 e. The minimum absolute atomic E-state index is 0.497. The Morgan fingerprint density at radius 2 is 1.94 bits per heavy atom. The van der Waals surface area contributed by atoms with Crippen LogP contribution in [0.1, 0.15) is 18.7 Å². The molecule has 0 aliphatic carbocycles. The van der Waals surface area contributed by atoms with E-state index in [0.29, 0.717) is 17.6 Å². The van der Waals surface area contributed by atoms with Gasteiger partial charge in [-0.15, -0.1) is 11.3 Å². The smallest absolute Gasteiger partial charge is 0.163 e. The summed E-state index contributed by atoms with van der Waals surface area (Å²) in [4.78, 5) is 20.2. The van der Waals surface area contributed by atoms with Gasteiger partial charge in [-0.1, -0.05) is 13.8 Å². The molecule has 11 heteroatoms. The van der Waals surface area contributed by atoms with Crippen LogP contribution in [0.3, 0.4) is 0 Å². The number of hydrogen-bond donors (Lipinski definition) is 3. The van der Waals surface area contributed by atoms with Gasteiger partial charge >= 0.3 is 0 Å². The molecule has 3 aromatic rings. The molecule has 190 valence electrons. The van der Waals surface area contributed by atoms with Gasteiger partial charge in [0.1, 0.15) is 5.82 Å². The number of ether oxygens (including phenoxy) is 1. The Hall–Kier alpha value is -2.02. The Bertz CT molecular complexity index is 1070. The fourth-order valence-electron chi connectivity index (χ4n) is 3.94. The molecule has 0 saturated carbocycles. The second-order valence-electron chi connectivity index (χ2n) is 9.08. The fourth-order valence-corrected chi connectivity index (χ4v) is 5.39. The average Bonchev–Trinajstić information content (AvgIpc) is 3.27. The van der Waals surface area contributed by atoms with Crippen LogP contribution in [0.2, 0.25) is 0 Å². The third-order valence-corrected chi connectivity index (χ3v) is 7.68. The number of morpholine rings is 1. The van der Waals surface area contributed by atoms with Gasteiger partial charge < -0.3 is 25.2 Å². The number of anilines is 2. The van der Waals surface area contributed by atoms with Crippen molar-refractivity contribution in [1.29, 1.82) is 0 Å². The molecule has 0 aromatic carbocycles. The molecule has 0 radical (unpaired) electrons. The van der Waals surface area contributed by atoms with Crippen molar-refractivity contribution in [3.05, 3.63) is 29.3 Å². The van der Waals surface area contributed by atoms with Crippen LogP contribution in [-0.2, 0) is 11.3 Å². The first-order valence-electron chi connectivity index (χ1n) is 12.1. The Kier molecular flexibility index (Phi) is 9.52. The van der Waals surface area contributed by atoms with E-state index in [4.69, 9.17) is 25.0 Å². The number of fused-ring (bicyclic) bond motifs is 1. The Morgan fingerprint density at radius 1 is 1.17 bits per heavy atom. The monoisotopic (exact) mass is 517 g/mol. The molecule has 3 aromatic heterocycles. The molecule has 2 aliphatic heterocycles. The zero-order valence-corrected chi connectivity index (χ0v) is 22.1. The normalized spacial score (nSPS) is 17.0. The van der Waals surface area contributed by atoms with E-state index in [1.807, 2.05) is 17.4 Å². The quantitative estimate of drug-likeness (QED) is 0.420. The summed E-state index contributed by atoms with van der Waals surface area (Å²) in [6.45, 7) is 12.5. The second-order valence-corrected chi connectivity index (χ2v) is 10.8. The number of nitrogens with zero attached hydrogens (tertiary/aromatic N) is 5. The summed E-state index contributed by atoms with van der Waals surface area (Å²) in [5.74, 6) is 3.65. The van der Waals surface area contributed by atoms with Gasteiger partial charge in [0.25, 0.3) is 0 Å². The van der Waals surface area contributed by atoms with E-state index in [9.17, 15) is 0 Å². The van der Waals surface area contributed by atoms with E-state index in [1.165, 1.54) is 4.88 Å². The number of piperazine rings is 1. The zero-order valence-electron chi connectivity index (χ0n) is 20.4. The Balaban J connectivity index is 0.000000431. The molecule has 9 nitrogen and oxygen atoms in total. The number of pyridine rings is 1. The number of thiophene rings is 1. The number of rotatable bonds is 6. The highest BCUT2D eigenvalue weighted by molar-refractivity contribution is 7.93. The highest BCUT2D eigenvalue weighted by Gasteiger charge is 2.21. The van der Waals surface area contributed by atoms with Gasteiger partial charge in [0.2, 0.25) is 0 Å². The summed E-state index contributed by atoms with van der Waals surface area (Å²) in [6, 6.07) is 5.95. The first-order valence-corrected chi connectivity index (χ1v) is 13.8. The lowest BCUT2D eigenvalue weighted by molar-refractivity contribution is 0.122. The van der Waals surface area contributed by atoms with Gasteiger partial charge in [-0.25, -0.2) is 15.0 Å². The predicted molar refractivity (Wildman–Crippen MR) is 146 cm³/mol. The van der Waals surface area contributed by atoms with E-state index in [-0.39, 0.29) is 0 Å². The van der Waals surface area contributed by atoms with Gasteiger partial charge in [-0.3, -0.25) is 4.90 Å². The molecule has 5 heterocycles. The van der Waals surface area contributed by atoms with Gasteiger partial charge in [-0.2, -0.15) is 0 Å². The second kappa shape index (κ2) is 12.8. The highest BCUT2D eigenvalue weighted by Crippen LogP contribution is 2.35. The molecule has 0 amide bonds. The number of nitrogens with one attached hydrogen (secondary N) is 1. The Labute approximate surface area is 215 Å². The molecule has 2 saturated heterocycles. The summed E-state index contributed by atoms with van der Waals surface area (Å²) in [5, 5.41) is 3.41. The van der Waals surface area contributed by atoms with Crippen LogP contribution in [0.5, 0.6) is 0 Å². The van der Waals surface area contributed by atoms with Crippen molar-refractivity contribution in [2.45, 2.75) is 20.4 Å². The maximum Gasteiger partial charge on any atom is 0.163 e. The van der Waals surface area contributed by atoms with Crippen molar-refractivity contribution in [3.63, 3.8) is 0 Å². The van der Waals surface area contributed by atoms with E-state index in [2.05, 4.69) is 40.0 Å². The van der Waals surface area contributed by atoms with E-state index < -0.39 is 0 Å². The van der Waals surface area contributed by atoms with Gasteiger partial charge in [0.15, 0.2) is 11.6 Å². The molecular formula is C24H35N7O2S2. The van der Waals surface area contributed by atoms with Crippen molar-refractivity contribution in [1.82, 2.24) is 25.2 Å². The predicted octanol–water partition coefficient (Wildman–Crippen LogP) is 3.43. The lowest BCUT2D eigenvalue weighted by Crippen LogP contribution is -2.42. The minimum Gasteiger partial charge on any atom is -0.384 e. The molecule has 0 atom stereocenters. The lowest BCUT2D eigenvalue weighted by Gasteiger charge is -2.28. The van der Waals surface area contributed by atoms with Crippen LogP contribution in [-0.4, -0.2) is 82.6 Å². The molecular weight excluding hydrogens is 482 g/mol. The fraction of sp³-hybridized carbons (Fsp3) is 0.542. The van der Waals surface area contributed by atoms with Crippen molar-refractivity contribution in [2.75, 3.05) is 68.9 Å². The molecule has 0 spiro atoms. The number of nitrogen functional groups attached to an aromatic ring is 1. The number of aromatic nitrogens is 3. The van der Waals surface area contributed by atoms with Crippen LogP contribution in [0.25, 0.3) is 21.6 Å². The molecule has 2 fully saturated rings. The van der Waals surface area contributed by atoms with Gasteiger partial charge in [0, 0.05) is 68.2 Å². The van der Waals surface area contributed by atoms with Crippen LogP contribution < -0.4 is 16.0 Å². The maximum atomic E-state index is 8.15. The SMILES string of the molecule is CC(C)CSO.Nc1ccc(-c2nc(N3CCOCC3)c3sc(CN4CCNCC4)cc3n2)cn1. The number of nitrogens with two attached hydrogens (primary N) is 1. The van der Waals surface area contributed by atoms with Crippen LogP contribution in [0.4, 0.5) is 11.6 Å². The summed E-state index contributed by atoms with van der Waals surface area (Å²) < 4.78 is 14.9. The van der Waals surface area contributed by atoms with Crippen molar-refractivity contribution < 1.29 is 9.29 Å². The summed E-state index contributed by atoms with van der Waals surface area (Å²) in [6.07, 6.45) is 1.74. The highest BCUT2D eigenvalue weighted by atomic mass is 32.2. The molecule has 0 bridgehead atoms. The van der Waals surface area contributed by atoms with Crippen molar-refractivity contribution >= 4 is 45.2 Å². The molecule has 4 N–H and O–H groups in total. The van der Waals surface area contributed by atoms with Crippen molar-refractivity contribution in [3.8, 4) is 11.4 Å². The van der Waals surface area contributed by atoms with Crippen LogP contribution in [0, 0.1) is 5.92 Å². The van der Waals surface area contributed by atoms with E-state index in [1.54, 1.807) is 12.3 Å². The summed E-state index contributed by atoms with van der Waals surface area (Å²) in [7, 11) is 0. The minimum atomic E-state index is 0.497. The van der Waals surface area contributed by atoms with E-state index >= 15 is 0 Å². The van der Waals surface area contributed by atoms with E-state index in [0.717, 1.165) is 98.4 Å². The zero-order chi connectivity index (χ0) is 24.6. The summed E-state index contributed by atoms with van der Waals surface area (Å²) >= 11 is 2.72. The number of hydrogen-bond acceptors (Lipinski definition) is 11. The molecule has 0 unspecified atom stereocenters. The molecule has 35 heavy (non-hydrogen) atoms. The van der Waals surface area contributed by atoms with Crippen LogP contribution >= 0.6 is 23.4 Å². The molecule has 5 rings (SSSR count). The maximum absolute atomic E-state index is 8.15. The molecule has 2 aliphatic rings. The first kappa shape index (κ1) is 26.1. The van der Waals surface area contributed by atoms with Crippen LogP contribution in [0.15, 0.2) is 24.4 Å². The lowest BCUT2D eigenvalue weighted by atomic mass is 10.2. The average molecular weight is 518 g/mol. The third-order valence-electron chi connectivity index (χ3n) is 5.76.